The number of hydrogen-bond donors (Lipinski definition) is 2. The highest BCUT2D eigenvalue weighted by Gasteiger charge is 2.11. The van der Waals surface area contributed by atoms with Crippen LogP contribution in [-0.2, 0) is 0 Å². The molecule has 1 aromatic carbocycles. The molecule has 0 aliphatic carbocycles. The third kappa shape index (κ3) is 3.21. The number of aryl methyl sites for hydroxylation is 1. The van der Waals surface area contributed by atoms with Crippen molar-refractivity contribution in [3.63, 3.8) is 0 Å². The second-order valence-electron chi connectivity index (χ2n) is 3.90. The van der Waals surface area contributed by atoms with Crippen molar-refractivity contribution in [2.75, 3.05) is 5.32 Å². The summed E-state index contributed by atoms with van der Waals surface area (Å²) in [7, 11) is 0. The zero-order chi connectivity index (χ0) is 14.0. The first kappa shape index (κ1) is 13.8. The van der Waals surface area contributed by atoms with Crippen molar-refractivity contribution in [3.8, 4) is 0 Å². The van der Waals surface area contributed by atoms with Gasteiger partial charge in [0.05, 0.1) is 14.2 Å². The van der Waals surface area contributed by atoms with E-state index in [0.717, 1.165) is 9.35 Å². The van der Waals surface area contributed by atoms with Crippen LogP contribution in [0.1, 0.15) is 25.6 Å². The predicted molar refractivity (Wildman–Crippen MR) is 78.1 cm³/mol. The molecule has 0 saturated carbocycles. The molecular formula is C13H10BrNO3S. The Labute approximate surface area is 122 Å². The maximum absolute atomic E-state index is 12.0. The summed E-state index contributed by atoms with van der Waals surface area (Å²) in [5.74, 6) is -1.20. The standard InChI is InChI=1S/C13H10BrNO3S/c1-7-6-10(19-11(7)14)12(16)15-9-4-2-8(3-5-9)13(17)18/h2-6H,1H3,(H,15,16)(H,17,18). The van der Waals surface area contributed by atoms with E-state index in [9.17, 15) is 9.59 Å². The smallest absolute Gasteiger partial charge is 0.335 e. The Morgan fingerprint density at radius 1 is 1.26 bits per heavy atom. The fourth-order valence-corrected chi connectivity index (χ4v) is 2.89. The topological polar surface area (TPSA) is 66.4 Å². The molecule has 98 valence electrons. The van der Waals surface area contributed by atoms with Gasteiger partial charge in [-0.25, -0.2) is 4.79 Å². The van der Waals surface area contributed by atoms with E-state index in [2.05, 4.69) is 21.2 Å². The highest BCUT2D eigenvalue weighted by atomic mass is 79.9. The number of carbonyl (C=O) groups is 2. The molecule has 2 aromatic rings. The van der Waals surface area contributed by atoms with Crippen LogP contribution < -0.4 is 5.32 Å². The molecule has 1 aromatic heterocycles. The largest absolute Gasteiger partial charge is 0.478 e. The van der Waals surface area contributed by atoms with Crippen LogP contribution in [0.2, 0.25) is 0 Å². The zero-order valence-corrected chi connectivity index (χ0v) is 12.3. The maximum Gasteiger partial charge on any atom is 0.335 e. The predicted octanol–water partition coefficient (Wildman–Crippen LogP) is 3.77. The molecule has 0 fully saturated rings. The Morgan fingerprint density at radius 2 is 1.89 bits per heavy atom. The number of anilines is 1. The number of carboxylic acid groups (broad SMARTS) is 1. The molecule has 0 radical (unpaired) electrons. The van der Waals surface area contributed by atoms with Crippen LogP contribution in [-0.4, -0.2) is 17.0 Å². The quantitative estimate of drug-likeness (QED) is 0.894. The van der Waals surface area contributed by atoms with E-state index >= 15 is 0 Å². The third-order valence-corrected chi connectivity index (χ3v) is 4.61. The number of halogens is 1. The minimum atomic E-state index is -0.990. The number of carboxylic acids is 1. The highest BCUT2D eigenvalue weighted by Crippen LogP contribution is 2.27. The summed E-state index contributed by atoms with van der Waals surface area (Å²) in [6.07, 6.45) is 0. The van der Waals surface area contributed by atoms with Gasteiger partial charge in [0.25, 0.3) is 5.91 Å². The minimum absolute atomic E-state index is 0.188. The van der Waals surface area contributed by atoms with Crippen LogP contribution in [0.5, 0.6) is 0 Å². The van der Waals surface area contributed by atoms with Crippen molar-refractivity contribution in [1.82, 2.24) is 0 Å². The van der Waals surface area contributed by atoms with E-state index in [1.807, 2.05) is 6.92 Å². The molecule has 2 N–H and O–H groups in total. The van der Waals surface area contributed by atoms with Gasteiger partial charge in [0.2, 0.25) is 0 Å². The van der Waals surface area contributed by atoms with Gasteiger partial charge >= 0.3 is 5.97 Å². The van der Waals surface area contributed by atoms with E-state index in [1.54, 1.807) is 18.2 Å². The molecule has 0 spiro atoms. The highest BCUT2D eigenvalue weighted by molar-refractivity contribution is 9.11. The summed E-state index contributed by atoms with van der Waals surface area (Å²) < 4.78 is 0.930. The number of carbonyl (C=O) groups excluding carboxylic acids is 1. The lowest BCUT2D eigenvalue weighted by atomic mass is 10.2. The Kier molecular flexibility index (Phi) is 4.01. The van der Waals surface area contributed by atoms with E-state index in [4.69, 9.17) is 5.11 Å². The van der Waals surface area contributed by atoms with Gasteiger partial charge in [-0.2, -0.15) is 0 Å². The molecule has 1 heterocycles. The molecule has 0 atom stereocenters. The first-order chi connectivity index (χ1) is 8.97. The van der Waals surface area contributed by atoms with Gasteiger partial charge < -0.3 is 10.4 Å². The van der Waals surface area contributed by atoms with Crippen molar-refractivity contribution in [2.24, 2.45) is 0 Å². The fraction of sp³-hybridized carbons (Fsp3) is 0.0769. The zero-order valence-electron chi connectivity index (χ0n) is 9.94. The molecule has 6 heteroatoms. The summed E-state index contributed by atoms with van der Waals surface area (Å²) in [5, 5.41) is 11.5. The fourth-order valence-electron chi connectivity index (χ4n) is 1.46. The SMILES string of the molecule is Cc1cc(C(=O)Nc2ccc(C(=O)O)cc2)sc1Br. The van der Waals surface area contributed by atoms with Crippen LogP contribution >= 0.6 is 27.3 Å². The second kappa shape index (κ2) is 5.54. The Hall–Kier alpha value is -1.66. The first-order valence-electron chi connectivity index (χ1n) is 5.38. The van der Waals surface area contributed by atoms with Gasteiger partial charge in [-0.15, -0.1) is 11.3 Å². The summed E-state index contributed by atoms with van der Waals surface area (Å²) in [4.78, 5) is 23.3. The van der Waals surface area contributed by atoms with E-state index in [1.165, 1.54) is 23.5 Å². The maximum atomic E-state index is 12.0. The average molecular weight is 340 g/mol. The van der Waals surface area contributed by atoms with Crippen LogP contribution in [0.15, 0.2) is 34.1 Å². The Morgan fingerprint density at radius 3 is 2.37 bits per heavy atom. The van der Waals surface area contributed by atoms with Gasteiger partial charge in [-0.3, -0.25) is 4.79 Å². The van der Waals surface area contributed by atoms with Crippen LogP contribution in [0.4, 0.5) is 5.69 Å². The summed E-state index contributed by atoms with van der Waals surface area (Å²) in [6, 6.07) is 7.84. The summed E-state index contributed by atoms with van der Waals surface area (Å²) >= 11 is 4.73. The first-order valence-corrected chi connectivity index (χ1v) is 6.99. The molecule has 0 bridgehead atoms. The van der Waals surface area contributed by atoms with Crippen LogP contribution in [0.25, 0.3) is 0 Å². The number of thiophene rings is 1. The molecule has 0 saturated heterocycles. The number of amides is 1. The Balaban J connectivity index is 2.12. The molecule has 0 aliphatic rings. The average Bonchev–Trinajstić information content (AvgIpc) is 2.70. The molecule has 4 nitrogen and oxygen atoms in total. The minimum Gasteiger partial charge on any atom is -0.478 e. The van der Waals surface area contributed by atoms with E-state index < -0.39 is 5.97 Å². The van der Waals surface area contributed by atoms with Gasteiger partial charge in [0.1, 0.15) is 0 Å². The molecule has 0 unspecified atom stereocenters. The van der Waals surface area contributed by atoms with Gasteiger partial charge in [0, 0.05) is 5.69 Å². The molecule has 19 heavy (non-hydrogen) atoms. The summed E-state index contributed by atoms with van der Waals surface area (Å²) in [5.41, 5.74) is 1.77. The van der Waals surface area contributed by atoms with Gasteiger partial charge in [0.15, 0.2) is 0 Å². The second-order valence-corrected chi connectivity index (χ2v) is 6.27. The lowest BCUT2D eigenvalue weighted by Gasteiger charge is -2.03. The Bertz CT molecular complexity index is 614. The van der Waals surface area contributed by atoms with E-state index in [0.29, 0.717) is 10.6 Å². The molecular weight excluding hydrogens is 330 g/mol. The van der Waals surface area contributed by atoms with Crippen molar-refractivity contribution in [2.45, 2.75) is 6.92 Å². The molecule has 0 aliphatic heterocycles. The van der Waals surface area contributed by atoms with Crippen molar-refractivity contribution < 1.29 is 14.7 Å². The van der Waals surface area contributed by atoms with E-state index in [-0.39, 0.29) is 11.5 Å². The lowest BCUT2D eigenvalue weighted by Crippen LogP contribution is -2.10. The lowest BCUT2D eigenvalue weighted by molar-refractivity contribution is 0.0696. The molecule has 1 amide bonds. The van der Waals surface area contributed by atoms with Crippen molar-refractivity contribution >= 4 is 44.8 Å². The number of nitrogens with one attached hydrogen (secondary N) is 1. The number of aromatic carboxylic acids is 1. The van der Waals surface area contributed by atoms with Crippen LogP contribution in [0, 0.1) is 6.92 Å². The number of hydrogen-bond acceptors (Lipinski definition) is 3. The monoisotopic (exact) mass is 339 g/mol. The third-order valence-electron chi connectivity index (χ3n) is 2.47. The van der Waals surface area contributed by atoms with Crippen molar-refractivity contribution in [3.05, 3.63) is 50.1 Å². The number of benzene rings is 1. The summed E-state index contributed by atoms with van der Waals surface area (Å²) in [6.45, 7) is 1.92. The normalized spacial score (nSPS) is 10.2. The van der Waals surface area contributed by atoms with Crippen molar-refractivity contribution in [1.29, 1.82) is 0 Å². The van der Waals surface area contributed by atoms with Crippen LogP contribution in [0.3, 0.4) is 0 Å². The molecule has 2 rings (SSSR count). The number of rotatable bonds is 3. The van der Waals surface area contributed by atoms with Gasteiger partial charge in [-0.05, 0) is 58.7 Å². The van der Waals surface area contributed by atoms with Gasteiger partial charge in [-0.1, -0.05) is 0 Å².